The van der Waals surface area contributed by atoms with Gasteiger partial charge in [-0.05, 0) is 65.1 Å². The highest BCUT2D eigenvalue weighted by Gasteiger charge is 2.26. The molecule has 6 nitrogen and oxygen atoms in total. The van der Waals surface area contributed by atoms with Crippen molar-refractivity contribution >= 4 is 27.5 Å². The zero-order chi connectivity index (χ0) is 20.4. The number of nitrogens with zero attached hydrogens (tertiary/aromatic N) is 3. The second-order valence-corrected chi connectivity index (χ2v) is 8.86. The number of fused-ring (bicyclic) bond motifs is 1. The van der Waals surface area contributed by atoms with Gasteiger partial charge in [-0.3, -0.25) is 9.69 Å². The van der Waals surface area contributed by atoms with Crippen LogP contribution >= 0.6 is 15.9 Å². The molecular weight excluding hydrogens is 432 g/mol. The lowest BCUT2D eigenvalue weighted by Gasteiger charge is -2.39. The topological polar surface area (TPSA) is 52.0 Å². The van der Waals surface area contributed by atoms with Crippen molar-refractivity contribution < 1.29 is 9.21 Å². The normalized spacial score (nSPS) is 19.1. The number of aryl methyl sites for hydroxylation is 1. The lowest BCUT2D eigenvalue weighted by Crippen LogP contribution is -2.48. The summed E-state index contributed by atoms with van der Waals surface area (Å²) in [6, 6.07) is 10.4. The van der Waals surface area contributed by atoms with E-state index in [1.807, 2.05) is 0 Å². The number of rotatable bonds is 5. The first-order chi connectivity index (χ1) is 14.0. The van der Waals surface area contributed by atoms with Crippen LogP contribution in [0.25, 0.3) is 0 Å². The predicted octanol–water partition coefficient (Wildman–Crippen LogP) is 3.14. The number of likely N-dealkylation sites (N-methyl/N-ethyl adjacent to an activating group) is 1. The van der Waals surface area contributed by atoms with E-state index in [4.69, 9.17) is 4.42 Å². The van der Waals surface area contributed by atoms with Crippen LogP contribution in [0.4, 0.5) is 5.69 Å². The third-order valence-electron chi connectivity index (χ3n) is 6.07. The summed E-state index contributed by atoms with van der Waals surface area (Å²) in [5, 5.41) is 3.09. The van der Waals surface area contributed by atoms with Crippen LogP contribution in [-0.2, 0) is 6.42 Å². The lowest BCUT2D eigenvalue weighted by atomic mass is 9.95. The van der Waals surface area contributed by atoms with Gasteiger partial charge in [0.2, 0.25) is 0 Å². The van der Waals surface area contributed by atoms with Gasteiger partial charge in [-0.15, -0.1) is 0 Å². The average molecular weight is 461 g/mol. The van der Waals surface area contributed by atoms with E-state index >= 15 is 0 Å². The minimum Gasteiger partial charge on any atom is -0.444 e. The number of anilines is 1. The van der Waals surface area contributed by atoms with Gasteiger partial charge in [0.15, 0.2) is 10.4 Å². The molecule has 2 aliphatic rings. The summed E-state index contributed by atoms with van der Waals surface area (Å²) >= 11 is 3.26. The summed E-state index contributed by atoms with van der Waals surface area (Å²) in [6.07, 6.45) is 2.31. The van der Waals surface area contributed by atoms with E-state index in [9.17, 15) is 4.79 Å². The summed E-state index contributed by atoms with van der Waals surface area (Å²) in [5.74, 6) is 0.161. The number of amides is 1. The number of nitrogens with one attached hydrogen (secondary N) is 1. The standard InChI is InChI=1S/C22H29BrN4O2/c1-25-10-12-27(13-11-25)19(15-24-22(28)20-7-8-21(23)29-20)17-5-6-18-16(14-17)4-3-9-26(18)2/h5-8,14,19H,3-4,9-13,15H2,1-2H3,(H,24,28)/t19-/m1/s1. The summed E-state index contributed by atoms with van der Waals surface area (Å²) in [7, 11) is 4.33. The Morgan fingerprint density at radius 3 is 2.66 bits per heavy atom. The fraction of sp³-hybridized carbons (Fsp3) is 0.500. The number of piperazine rings is 1. The summed E-state index contributed by atoms with van der Waals surface area (Å²) in [5.41, 5.74) is 4.03. The molecule has 29 heavy (non-hydrogen) atoms. The third kappa shape index (κ3) is 4.68. The summed E-state index contributed by atoms with van der Waals surface area (Å²) in [6.45, 7) is 5.77. The monoisotopic (exact) mass is 460 g/mol. The quantitative estimate of drug-likeness (QED) is 0.742. The first kappa shape index (κ1) is 20.4. The number of benzene rings is 1. The van der Waals surface area contributed by atoms with E-state index in [1.165, 1.54) is 23.2 Å². The van der Waals surface area contributed by atoms with Gasteiger partial charge in [-0.25, -0.2) is 0 Å². The number of halogens is 1. The van der Waals surface area contributed by atoms with Crippen molar-refractivity contribution in [3.8, 4) is 0 Å². The Morgan fingerprint density at radius 1 is 1.14 bits per heavy atom. The molecular formula is C22H29BrN4O2. The molecule has 7 heteroatoms. The molecule has 1 fully saturated rings. The molecule has 2 aliphatic heterocycles. The molecule has 1 aromatic carbocycles. The largest absolute Gasteiger partial charge is 0.444 e. The second kappa shape index (κ2) is 8.90. The minimum atomic E-state index is -0.174. The molecule has 3 heterocycles. The van der Waals surface area contributed by atoms with Crippen LogP contribution in [0.3, 0.4) is 0 Å². The Hall–Kier alpha value is -1.83. The number of hydrogen-bond acceptors (Lipinski definition) is 5. The molecule has 1 N–H and O–H groups in total. The first-order valence-corrected chi connectivity index (χ1v) is 11.1. The highest BCUT2D eigenvalue weighted by Crippen LogP contribution is 2.31. The maximum Gasteiger partial charge on any atom is 0.287 e. The van der Waals surface area contributed by atoms with E-state index in [0.29, 0.717) is 17.0 Å². The molecule has 0 spiro atoms. The van der Waals surface area contributed by atoms with Gasteiger partial charge in [0, 0.05) is 52.0 Å². The summed E-state index contributed by atoms with van der Waals surface area (Å²) in [4.78, 5) is 19.7. The molecule has 1 atom stereocenters. The molecule has 1 amide bonds. The Kier molecular flexibility index (Phi) is 6.27. The Balaban J connectivity index is 1.54. The van der Waals surface area contributed by atoms with Gasteiger partial charge < -0.3 is 19.5 Å². The smallest absolute Gasteiger partial charge is 0.287 e. The van der Waals surface area contributed by atoms with Gasteiger partial charge in [0.1, 0.15) is 0 Å². The maximum absolute atomic E-state index is 12.5. The van der Waals surface area contributed by atoms with Crippen molar-refractivity contribution in [2.75, 3.05) is 58.3 Å². The Labute approximate surface area is 181 Å². The van der Waals surface area contributed by atoms with Crippen molar-refractivity contribution in [1.82, 2.24) is 15.1 Å². The van der Waals surface area contributed by atoms with Gasteiger partial charge in [-0.1, -0.05) is 12.1 Å². The fourth-order valence-electron chi connectivity index (χ4n) is 4.32. The van der Waals surface area contributed by atoms with Crippen molar-refractivity contribution in [1.29, 1.82) is 0 Å². The molecule has 2 aromatic rings. The van der Waals surface area contributed by atoms with Crippen LogP contribution in [0.5, 0.6) is 0 Å². The zero-order valence-electron chi connectivity index (χ0n) is 17.2. The van der Waals surface area contributed by atoms with Crippen LogP contribution in [0, 0.1) is 0 Å². The van der Waals surface area contributed by atoms with Gasteiger partial charge >= 0.3 is 0 Å². The van der Waals surface area contributed by atoms with Crippen LogP contribution in [-0.4, -0.2) is 69.1 Å². The van der Waals surface area contributed by atoms with Crippen molar-refractivity contribution in [2.45, 2.75) is 18.9 Å². The van der Waals surface area contributed by atoms with E-state index in [0.717, 1.165) is 39.1 Å². The number of carbonyl (C=O) groups is 1. The van der Waals surface area contributed by atoms with Crippen molar-refractivity contribution in [2.24, 2.45) is 0 Å². The second-order valence-electron chi connectivity index (χ2n) is 8.08. The molecule has 0 unspecified atom stereocenters. The van der Waals surface area contributed by atoms with E-state index in [1.54, 1.807) is 12.1 Å². The number of hydrogen-bond donors (Lipinski definition) is 1. The molecule has 0 saturated carbocycles. The van der Waals surface area contributed by atoms with Gasteiger partial charge in [0.25, 0.3) is 5.91 Å². The van der Waals surface area contributed by atoms with Crippen LogP contribution in [0.1, 0.15) is 34.1 Å². The van der Waals surface area contributed by atoms with Crippen LogP contribution < -0.4 is 10.2 Å². The van der Waals surface area contributed by atoms with E-state index in [-0.39, 0.29) is 11.9 Å². The Bertz CT molecular complexity index is 860. The van der Waals surface area contributed by atoms with E-state index < -0.39 is 0 Å². The SMILES string of the molecule is CN1CCN([C@H](CNC(=O)c2ccc(Br)o2)c2ccc3c(c2)CCCN3C)CC1. The summed E-state index contributed by atoms with van der Waals surface area (Å²) < 4.78 is 5.97. The highest BCUT2D eigenvalue weighted by atomic mass is 79.9. The molecule has 4 rings (SSSR count). The molecule has 0 radical (unpaired) electrons. The number of furan rings is 1. The minimum absolute atomic E-state index is 0.156. The molecule has 1 aromatic heterocycles. The highest BCUT2D eigenvalue weighted by molar-refractivity contribution is 9.10. The number of carbonyl (C=O) groups excluding carboxylic acids is 1. The fourth-order valence-corrected chi connectivity index (χ4v) is 4.62. The third-order valence-corrected chi connectivity index (χ3v) is 6.50. The van der Waals surface area contributed by atoms with Crippen LogP contribution in [0.2, 0.25) is 0 Å². The predicted molar refractivity (Wildman–Crippen MR) is 119 cm³/mol. The van der Waals surface area contributed by atoms with Crippen molar-refractivity contribution in [3.63, 3.8) is 0 Å². The zero-order valence-corrected chi connectivity index (χ0v) is 18.7. The molecule has 156 valence electrons. The first-order valence-electron chi connectivity index (χ1n) is 10.3. The average Bonchev–Trinajstić information content (AvgIpc) is 3.16. The maximum atomic E-state index is 12.5. The van der Waals surface area contributed by atoms with Crippen LogP contribution in [0.15, 0.2) is 39.4 Å². The molecule has 0 aliphatic carbocycles. The van der Waals surface area contributed by atoms with Gasteiger partial charge in [0.05, 0.1) is 6.04 Å². The van der Waals surface area contributed by atoms with E-state index in [2.05, 4.69) is 68.2 Å². The van der Waals surface area contributed by atoms with Crippen molar-refractivity contribution in [3.05, 3.63) is 51.9 Å². The lowest BCUT2D eigenvalue weighted by molar-refractivity contribution is 0.0862. The molecule has 0 bridgehead atoms. The Morgan fingerprint density at radius 2 is 1.93 bits per heavy atom. The molecule has 1 saturated heterocycles. The van der Waals surface area contributed by atoms with Gasteiger partial charge in [-0.2, -0.15) is 0 Å².